The minimum Gasteiger partial charge on any atom is -0.341 e. The van der Waals surface area contributed by atoms with Gasteiger partial charge in [-0.2, -0.15) is 0 Å². The van der Waals surface area contributed by atoms with E-state index in [9.17, 15) is 4.79 Å². The van der Waals surface area contributed by atoms with Crippen molar-refractivity contribution in [2.45, 2.75) is 13.1 Å². The van der Waals surface area contributed by atoms with E-state index in [1.165, 1.54) is 11.1 Å². The molecule has 0 saturated carbocycles. The molecule has 3 heteroatoms. The van der Waals surface area contributed by atoms with Crippen LogP contribution in [0.5, 0.6) is 0 Å². The number of hydrogen-bond acceptors (Lipinski definition) is 2. The third-order valence-electron chi connectivity index (χ3n) is 2.45. The van der Waals surface area contributed by atoms with Gasteiger partial charge in [-0.25, -0.2) is 0 Å². The first-order valence-corrected chi connectivity index (χ1v) is 4.85. The van der Waals surface area contributed by atoms with Crippen molar-refractivity contribution in [3.8, 4) is 12.3 Å². The van der Waals surface area contributed by atoms with Crippen molar-refractivity contribution in [1.29, 1.82) is 0 Å². The van der Waals surface area contributed by atoms with E-state index >= 15 is 0 Å². The summed E-state index contributed by atoms with van der Waals surface area (Å²) in [6, 6.07) is 5.74. The molecule has 0 spiro atoms. The summed E-state index contributed by atoms with van der Waals surface area (Å²) in [7, 11) is 0. The maximum atomic E-state index is 11.6. The molecular weight excluding hydrogens is 188 g/mol. The molecule has 3 nitrogen and oxygen atoms in total. The highest BCUT2D eigenvalue weighted by Crippen LogP contribution is 2.16. The lowest BCUT2D eigenvalue weighted by Gasteiger charge is -2.03. The van der Waals surface area contributed by atoms with Crippen LogP contribution in [0.1, 0.15) is 21.5 Å². The van der Waals surface area contributed by atoms with E-state index in [-0.39, 0.29) is 12.5 Å². The summed E-state index contributed by atoms with van der Waals surface area (Å²) in [6.45, 7) is 2.00. The number of carbonyl (C=O) groups excluding carboxylic acids is 1. The van der Waals surface area contributed by atoms with E-state index in [4.69, 9.17) is 6.42 Å². The highest BCUT2D eigenvalue weighted by atomic mass is 16.1. The largest absolute Gasteiger partial charge is 0.341 e. The van der Waals surface area contributed by atoms with Crippen LogP contribution < -0.4 is 10.6 Å². The van der Waals surface area contributed by atoms with Gasteiger partial charge >= 0.3 is 0 Å². The molecule has 1 aliphatic rings. The number of amides is 1. The Labute approximate surface area is 88.9 Å². The Morgan fingerprint density at radius 3 is 3.07 bits per heavy atom. The van der Waals surface area contributed by atoms with Crippen LogP contribution in [0.2, 0.25) is 0 Å². The van der Waals surface area contributed by atoms with Crippen molar-refractivity contribution in [2.75, 3.05) is 6.54 Å². The third kappa shape index (κ3) is 2.00. The molecule has 0 atom stereocenters. The van der Waals surface area contributed by atoms with Crippen molar-refractivity contribution < 1.29 is 4.79 Å². The number of hydrogen-bond donors (Lipinski definition) is 2. The Morgan fingerprint density at radius 2 is 2.27 bits per heavy atom. The van der Waals surface area contributed by atoms with Crippen molar-refractivity contribution >= 4 is 5.91 Å². The van der Waals surface area contributed by atoms with Crippen molar-refractivity contribution in [3.63, 3.8) is 0 Å². The smallest absolute Gasteiger partial charge is 0.252 e. The van der Waals surface area contributed by atoms with E-state index in [0.29, 0.717) is 5.56 Å². The number of nitrogens with one attached hydrogen (secondary N) is 2. The predicted octanol–water partition coefficient (Wildman–Crippen LogP) is 0.653. The highest BCUT2D eigenvalue weighted by molar-refractivity contribution is 5.94. The van der Waals surface area contributed by atoms with Crippen LogP contribution in [-0.2, 0) is 13.1 Å². The summed E-state index contributed by atoms with van der Waals surface area (Å²) in [4.78, 5) is 11.6. The number of benzene rings is 1. The number of fused-ring (bicyclic) bond motifs is 1. The van der Waals surface area contributed by atoms with Crippen LogP contribution in [0, 0.1) is 12.3 Å². The maximum Gasteiger partial charge on any atom is 0.252 e. The lowest BCUT2D eigenvalue weighted by molar-refractivity contribution is 0.0958. The predicted molar refractivity (Wildman–Crippen MR) is 58.2 cm³/mol. The Bertz CT molecular complexity index is 432. The lowest BCUT2D eigenvalue weighted by atomic mass is 10.1. The zero-order chi connectivity index (χ0) is 10.7. The Hall–Kier alpha value is -1.79. The molecule has 0 aromatic heterocycles. The average molecular weight is 200 g/mol. The fourth-order valence-corrected chi connectivity index (χ4v) is 1.67. The standard InChI is InChI=1S/C12H12N2O/c1-2-5-14-12(15)9-3-4-10-7-13-8-11(10)6-9/h1,3-4,6,13H,5,7-8H2,(H,14,15). The van der Waals surface area contributed by atoms with Gasteiger partial charge in [0.15, 0.2) is 0 Å². The molecule has 15 heavy (non-hydrogen) atoms. The zero-order valence-corrected chi connectivity index (χ0v) is 8.34. The molecule has 0 unspecified atom stereocenters. The van der Waals surface area contributed by atoms with E-state index in [1.807, 2.05) is 18.2 Å². The minimum atomic E-state index is -0.109. The van der Waals surface area contributed by atoms with Gasteiger partial charge in [-0.1, -0.05) is 12.0 Å². The molecule has 2 N–H and O–H groups in total. The van der Waals surface area contributed by atoms with Crippen molar-refractivity contribution in [1.82, 2.24) is 10.6 Å². The lowest BCUT2D eigenvalue weighted by Crippen LogP contribution is -2.23. The van der Waals surface area contributed by atoms with Crippen LogP contribution in [0.3, 0.4) is 0 Å². The van der Waals surface area contributed by atoms with Crippen LogP contribution in [-0.4, -0.2) is 12.5 Å². The van der Waals surface area contributed by atoms with E-state index in [2.05, 4.69) is 16.6 Å². The van der Waals surface area contributed by atoms with Gasteiger partial charge in [-0.3, -0.25) is 4.79 Å². The molecule has 1 aliphatic heterocycles. The van der Waals surface area contributed by atoms with Crippen LogP contribution in [0.4, 0.5) is 0 Å². The first-order chi connectivity index (χ1) is 7.31. The topological polar surface area (TPSA) is 41.1 Å². The van der Waals surface area contributed by atoms with Gasteiger partial charge in [-0.15, -0.1) is 6.42 Å². The molecule has 1 aromatic carbocycles. The fourth-order valence-electron chi connectivity index (χ4n) is 1.67. The van der Waals surface area contributed by atoms with Crippen LogP contribution >= 0.6 is 0 Å². The van der Waals surface area contributed by atoms with Crippen molar-refractivity contribution in [2.24, 2.45) is 0 Å². The van der Waals surface area contributed by atoms with Crippen molar-refractivity contribution in [3.05, 3.63) is 34.9 Å². The zero-order valence-electron chi connectivity index (χ0n) is 8.34. The maximum absolute atomic E-state index is 11.6. The van der Waals surface area contributed by atoms with Crippen LogP contribution in [0.25, 0.3) is 0 Å². The summed E-state index contributed by atoms with van der Waals surface area (Å²) in [5.74, 6) is 2.27. The summed E-state index contributed by atoms with van der Waals surface area (Å²) < 4.78 is 0. The second-order valence-corrected chi connectivity index (χ2v) is 3.47. The molecule has 1 aromatic rings. The molecule has 0 fully saturated rings. The molecule has 76 valence electrons. The van der Waals surface area contributed by atoms with Gasteiger partial charge in [-0.05, 0) is 23.3 Å². The van der Waals surface area contributed by atoms with E-state index in [0.717, 1.165) is 13.1 Å². The SMILES string of the molecule is C#CCNC(=O)c1ccc2c(c1)CNC2. The van der Waals surface area contributed by atoms with Gasteiger partial charge in [0.25, 0.3) is 5.91 Å². The molecule has 1 amide bonds. The molecule has 0 saturated heterocycles. The molecule has 1 heterocycles. The first kappa shape index (κ1) is 9.75. The number of terminal acetylenes is 1. The fraction of sp³-hybridized carbons (Fsp3) is 0.250. The normalized spacial score (nSPS) is 13.0. The minimum absolute atomic E-state index is 0.109. The van der Waals surface area contributed by atoms with Gasteiger partial charge in [0.1, 0.15) is 0 Å². The first-order valence-electron chi connectivity index (χ1n) is 4.85. The highest BCUT2D eigenvalue weighted by Gasteiger charge is 2.12. The van der Waals surface area contributed by atoms with Gasteiger partial charge < -0.3 is 10.6 Å². The van der Waals surface area contributed by atoms with Crippen LogP contribution in [0.15, 0.2) is 18.2 Å². The summed E-state index contributed by atoms with van der Waals surface area (Å²) in [5, 5.41) is 5.88. The molecule has 0 bridgehead atoms. The molecule has 0 radical (unpaired) electrons. The second-order valence-electron chi connectivity index (χ2n) is 3.47. The third-order valence-corrected chi connectivity index (χ3v) is 2.45. The average Bonchev–Trinajstić information content (AvgIpc) is 2.72. The quantitative estimate of drug-likeness (QED) is 0.688. The number of carbonyl (C=O) groups is 1. The second kappa shape index (κ2) is 4.16. The summed E-state index contributed by atoms with van der Waals surface area (Å²) >= 11 is 0. The monoisotopic (exact) mass is 200 g/mol. The summed E-state index contributed by atoms with van der Waals surface area (Å²) in [5.41, 5.74) is 3.14. The Morgan fingerprint density at radius 1 is 1.47 bits per heavy atom. The molecule has 0 aliphatic carbocycles. The Balaban J connectivity index is 2.16. The molecule has 2 rings (SSSR count). The Kier molecular flexibility index (Phi) is 2.70. The molecular formula is C12H12N2O. The van der Waals surface area contributed by atoms with Gasteiger partial charge in [0.2, 0.25) is 0 Å². The van der Waals surface area contributed by atoms with E-state index < -0.39 is 0 Å². The summed E-state index contributed by atoms with van der Waals surface area (Å²) in [6.07, 6.45) is 5.07. The van der Waals surface area contributed by atoms with Gasteiger partial charge in [0.05, 0.1) is 6.54 Å². The van der Waals surface area contributed by atoms with Gasteiger partial charge in [0, 0.05) is 18.7 Å². The van der Waals surface area contributed by atoms with E-state index in [1.54, 1.807) is 0 Å². The number of rotatable bonds is 2.